The number of aromatic nitrogens is 2. The third kappa shape index (κ3) is 1.97. The van der Waals surface area contributed by atoms with Crippen molar-refractivity contribution in [1.29, 1.82) is 0 Å². The van der Waals surface area contributed by atoms with E-state index in [4.69, 9.17) is 0 Å². The summed E-state index contributed by atoms with van der Waals surface area (Å²) in [6.45, 7) is 2.10. The fourth-order valence-corrected chi connectivity index (χ4v) is 3.29. The highest BCUT2D eigenvalue weighted by Gasteiger charge is 2.12. The number of nitrogens with zero attached hydrogens (tertiary/aromatic N) is 2. The number of imidazole rings is 1. The van der Waals surface area contributed by atoms with Crippen LogP contribution in [0.2, 0.25) is 0 Å². The Bertz CT molecular complexity index is 1060. The van der Waals surface area contributed by atoms with Crippen LogP contribution in [0.5, 0.6) is 0 Å². The molecule has 3 nitrogen and oxygen atoms in total. The van der Waals surface area contributed by atoms with Crippen molar-refractivity contribution < 1.29 is 4.79 Å². The van der Waals surface area contributed by atoms with Gasteiger partial charge in [-0.1, -0.05) is 42.5 Å². The lowest BCUT2D eigenvalue weighted by atomic mass is 9.92. The summed E-state index contributed by atoms with van der Waals surface area (Å²) in [7, 11) is 2.00. The lowest BCUT2D eigenvalue weighted by Gasteiger charge is -2.12. The quantitative estimate of drug-likeness (QED) is 0.510. The Labute approximate surface area is 134 Å². The lowest BCUT2D eigenvalue weighted by Crippen LogP contribution is -1.91. The van der Waals surface area contributed by atoms with Crippen LogP contribution in [0, 0.1) is 6.92 Å². The first-order valence-corrected chi connectivity index (χ1v) is 7.58. The van der Waals surface area contributed by atoms with E-state index in [1.807, 2.05) is 48.3 Å². The molecule has 4 aromatic rings. The molecule has 112 valence electrons. The summed E-state index contributed by atoms with van der Waals surface area (Å²) in [4.78, 5) is 15.8. The minimum atomic E-state index is 0.723. The first-order valence-electron chi connectivity index (χ1n) is 7.58. The Morgan fingerprint density at radius 1 is 0.957 bits per heavy atom. The smallest absolute Gasteiger partial charge is 0.150 e. The van der Waals surface area contributed by atoms with E-state index in [0.29, 0.717) is 0 Å². The van der Waals surface area contributed by atoms with E-state index < -0.39 is 0 Å². The minimum absolute atomic E-state index is 0.723. The monoisotopic (exact) mass is 300 g/mol. The molecule has 1 heterocycles. The number of fused-ring (bicyclic) bond motifs is 2. The molecule has 0 unspecified atom stereocenters. The Balaban J connectivity index is 2.07. The maximum atomic E-state index is 11.3. The van der Waals surface area contributed by atoms with Gasteiger partial charge in [0.1, 0.15) is 0 Å². The first kappa shape index (κ1) is 13.7. The fraction of sp³-hybridized carbons (Fsp3) is 0.100. The van der Waals surface area contributed by atoms with E-state index in [1.165, 1.54) is 0 Å². The van der Waals surface area contributed by atoms with Gasteiger partial charge >= 0.3 is 0 Å². The van der Waals surface area contributed by atoms with E-state index in [0.717, 1.165) is 50.3 Å². The lowest BCUT2D eigenvalue weighted by molar-refractivity contribution is 0.112. The van der Waals surface area contributed by atoms with Gasteiger partial charge < -0.3 is 4.57 Å². The second-order valence-electron chi connectivity index (χ2n) is 5.83. The molecule has 0 aliphatic heterocycles. The second-order valence-corrected chi connectivity index (χ2v) is 5.83. The van der Waals surface area contributed by atoms with Gasteiger partial charge in [-0.15, -0.1) is 0 Å². The molecular formula is C20H16N2O. The number of aldehydes is 1. The van der Waals surface area contributed by atoms with Crippen molar-refractivity contribution in [3.63, 3.8) is 0 Å². The Morgan fingerprint density at radius 3 is 2.48 bits per heavy atom. The number of rotatable bonds is 2. The van der Waals surface area contributed by atoms with E-state index in [1.54, 1.807) is 0 Å². The second kappa shape index (κ2) is 5.06. The summed E-state index contributed by atoms with van der Waals surface area (Å²) in [6, 6.07) is 16.2. The van der Waals surface area contributed by atoms with Crippen LogP contribution in [0.4, 0.5) is 0 Å². The zero-order valence-electron chi connectivity index (χ0n) is 13.1. The minimum Gasteiger partial charge on any atom is -0.334 e. The van der Waals surface area contributed by atoms with Crippen LogP contribution >= 0.6 is 0 Å². The SMILES string of the molecule is Cc1c(-c2ccc(C=O)c3ccccc23)ccc2c1ncn2C. The average Bonchev–Trinajstić information content (AvgIpc) is 2.97. The zero-order valence-corrected chi connectivity index (χ0v) is 13.1. The molecule has 0 atom stereocenters. The standard InChI is InChI=1S/C20H16N2O/c1-13-15(9-10-19-20(13)21-12-22(19)2)18-8-7-14(11-23)16-5-3-4-6-17(16)18/h3-12H,1-2H3. The van der Waals surface area contributed by atoms with Gasteiger partial charge in [-0.3, -0.25) is 4.79 Å². The predicted octanol–water partition coefficient (Wildman–Crippen LogP) is 4.51. The predicted molar refractivity (Wildman–Crippen MR) is 93.8 cm³/mol. The van der Waals surface area contributed by atoms with Crippen LogP contribution in [0.1, 0.15) is 15.9 Å². The number of benzene rings is 3. The van der Waals surface area contributed by atoms with Gasteiger partial charge in [-0.25, -0.2) is 4.98 Å². The topological polar surface area (TPSA) is 34.9 Å². The Hall–Kier alpha value is -2.94. The molecule has 0 amide bonds. The van der Waals surface area contributed by atoms with Crippen LogP contribution in [0.25, 0.3) is 32.9 Å². The summed E-state index contributed by atoms with van der Waals surface area (Å²) < 4.78 is 2.03. The van der Waals surface area contributed by atoms with Gasteiger partial charge in [0.15, 0.2) is 6.29 Å². The third-order valence-electron chi connectivity index (χ3n) is 4.52. The molecule has 3 aromatic carbocycles. The van der Waals surface area contributed by atoms with E-state index >= 15 is 0 Å². The van der Waals surface area contributed by atoms with Crippen molar-refractivity contribution in [2.24, 2.45) is 7.05 Å². The molecule has 0 bridgehead atoms. The molecule has 4 rings (SSSR count). The fourth-order valence-electron chi connectivity index (χ4n) is 3.29. The van der Waals surface area contributed by atoms with Crippen LogP contribution < -0.4 is 0 Å². The molecule has 0 N–H and O–H groups in total. The molecular weight excluding hydrogens is 284 g/mol. The summed E-state index contributed by atoms with van der Waals surface area (Å²) in [6.07, 6.45) is 2.76. The van der Waals surface area contributed by atoms with Crippen LogP contribution in [-0.4, -0.2) is 15.8 Å². The van der Waals surface area contributed by atoms with E-state index in [9.17, 15) is 4.79 Å². The van der Waals surface area contributed by atoms with Crippen molar-refractivity contribution in [1.82, 2.24) is 9.55 Å². The number of carbonyl (C=O) groups excluding carboxylic acids is 1. The Morgan fingerprint density at radius 2 is 1.70 bits per heavy atom. The van der Waals surface area contributed by atoms with Crippen molar-refractivity contribution >= 4 is 28.1 Å². The molecule has 0 saturated heterocycles. The van der Waals surface area contributed by atoms with Crippen molar-refractivity contribution in [2.75, 3.05) is 0 Å². The maximum Gasteiger partial charge on any atom is 0.150 e. The molecule has 0 fully saturated rings. The van der Waals surface area contributed by atoms with Gasteiger partial charge in [-0.05, 0) is 40.5 Å². The van der Waals surface area contributed by atoms with Gasteiger partial charge in [-0.2, -0.15) is 0 Å². The number of carbonyl (C=O) groups is 1. The third-order valence-corrected chi connectivity index (χ3v) is 4.52. The highest BCUT2D eigenvalue weighted by atomic mass is 16.1. The van der Waals surface area contributed by atoms with E-state index in [-0.39, 0.29) is 0 Å². The first-order chi connectivity index (χ1) is 11.2. The van der Waals surface area contributed by atoms with Crippen molar-refractivity contribution in [3.05, 3.63) is 66.0 Å². The van der Waals surface area contributed by atoms with E-state index in [2.05, 4.69) is 30.1 Å². The summed E-state index contributed by atoms with van der Waals surface area (Å²) in [5.41, 5.74) is 6.32. The van der Waals surface area contributed by atoms with Gasteiger partial charge in [0.2, 0.25) is 0 Å². The number of aryl methyl sites for hydroxylation is 2. The average molecular weight is 300 g/mol. The molecule has 0 spiro atoms. The highest BCUT2D eigenvalue weighted by molar-refractivity contribution is 6.06. The zero-order chi connectivity index (χ0) is 16.0. The van der Waals surface area contributed by atoms with Crippen molar-refractivity contribution in [2.45, 2.75) is 6.92 Å². The normalized spacial score (nSPS) is 11.2. The highest BCUT2D eigenvalue weighted by Crippen LogP contribution is 2.34. The van der Waals surface area contributed by atoms with Crippen LogP contribution in [0.3, 0.4) is 0 Å². The van der Waals surface area contributed by atoms with Gasteiger partial charge in [0, 0.05) is 12.6 Å². The summed E-state index contributed by atoms with van der Waals surface area (Å²) in [5, 5.41) is 2.08. The van der Waals surface area contributed by atoms with Crippen LogP contribution in [-0.2, 0) is 7.05 Å². The maximum absolute atomic E-state index is 11.3. The molecule has 1 aromatic heterocycles. The Kier molecular flexibility index (Phi) is 3.01. The number of hydrogen-bond donors (Lipinski definition) is 0. The molecule has 0 radical (unpaired) electrons. The molecule has 3 heteroatoms. The molecule has 23 heavy (non-hydrogen) atoms. The van der Waals surface area contributed by atoms with Gasteiger partial charge in [0.05, 0.1) is 17.4 Å². The van der Waals surface area contributed by atoms with Crippen LogP contribution in [0.15, 0.2) is 54.9 Å². The molecule has 0 aliphatic rings. The molecule has 0 aliphatic carbocycles. The molecule has 0 saturated carbocycles. The summed E-state index contributed by atoms with van der Waals surface area (Å²) >= 11 is 0. The van der Waals surface area contributed by atoms with Gasteiger partial charge in [0.25, 0.3) is 0 Å². The largest absolute Gasteiger partial charge is 0.334 e. The van der Waals surface area contributed by atoms with Crippen molar-refractivity contribution in [3.8, 4) is 11.1 Å². The summed E-state index contributed by atoms with van der Waals surface area (Å²) in [5.74, 6) is 0. The number of hydrogen-bond acceptors (Lipinski definition) is 2.